The van der Waals surface area contributed by atoms with Crippen molar-refractivity contribution in [2.45, 2.75) is 316 Å². The van der Waals surface area contributed by atoms with Crippen molar-refractivity contribution in [2.75, 3.05) is 13.2 Å². The lowest BCUT2D eigenvalue weighted by molar-refractivity contribution is -0.167. The molecule has 0 heterocycles. The molecule has 0 aliphatic carbocycles. The Labute approximate surface area is 458 Å². The highest BCUT2D eigenvalue weighted by atomic mass is 16.6. The summed E-state index contributed by atoms with van der Waals surface area (Å²) in [6, 6.07) is 0. The molecule has 0 amide bonds. The second-order valence-electron chi connectivity index (χ2n) is 20.9. The van der Waals surface area contributed by atoms with Gasteiger partial charge in [-0.15, -0.1) is 0 Å². The molecule has 0 radical (unpaired) electrons. The molecule has 6 heteroatoms. The van der Waals surface area contributed by atoms with Gasteiger partial charge in [-0.1, -0.05) is 279 Å². The van der Waals surface area contributed by atoms with Gasteiger partial charge >= 0.3 is 17.9 Å². The minimum atomic E-state index is -0.783. The molecular formula is C68H118O6. The summed E-state index contributed by atoms with van der Waals surface area (Å²) >= 11 is 0. The van der Waals surface area contributed by atoms with E-state index in [1.807, 2.05) is 0 Å². The van der Waals surface area contributed by atoms with Crippen LogP contribution in [0.15, 0.2) is 85.1 Å². The Balaban J connectivity index is 4.34. The monoisotopic (exact) mass is 1030 g/mol. The number of hydrogen-bond acceptors (Lipinski definition) is 6. The average molecular weight is 1030 g/mol. The van der Waals surface area contributed by atoms with E-state index in [0.717, 1.165) is 109 Å². The average Bonchev–Trinajstić information content (AvgIpc) is 3.40. The summed E-state index contributed by atoms with van der Waals surface area (Å²) in [5.74, 6) is -0.880. The zero-order valence-corrected chi connectivity index (χ0v) is 48.8. The zero-order chi connectivity index (χ0) is 53.6. The Morgan fingerprint density at radius 3 is 0.851 bits per heavy atom. The molecule has 0 saturated carbocycles. The fraction of sp³-hybridized carbons (Fsp3) is 0.750. The number of allylic oxidation sites excluding steroid dienone is 14. The van der Waals surface area contributed by atoms with Crippen molar-refractivity contribution in [1.29, 1.82) is 0 Å². The molecule has 0 aromatic heterocycles. The molecule has 0 fully saturated rings. The number of rotatable bonds is 57. The highest BCUT2D eigenvalue weighted by Crippen LogP contribution is 2.16. The summed E-state index contributed by atoms with van der Waals surface area (Å²) in [5, 5.41) is 0. The topological polar surface area (TPSA) is 78.9 Å². The molecule has 426 valence electrons. The molecular weight excluding hydrogens is 913 g/mol. The highest BCUT2D eigenvalue weighted by molar-refractivity contribution is 5.71. The van der Waals surface area contributed by atoms with Crippen molar-refractivity contribution in [2.24, 2.45) is 0 Å². The molecule has 0 rings (SSSR count). The van der Waals surface area contributed by atoms with E-state index in [4.69, 9.17) is 14.2 Å². The van der Waals surface area contributed by atoms with Crippen LogP contribution in [0.3, 0.4) is 0 Å². The van der Waals surface area contributed by atoms with Crippen LogP contribution in [-0.2, 0) is 28.6 Å². The summed E-state index contributed by atoms with van der Waals surface area (Å²) in [6.07, 6.45) is 81.5. The third kappa shape index (κ3) is 59.5. The van der Waals surface area contributed by atoms with Crippen LogP contribution in [0.25, 0.3) is 0 Å². The van der Waals surface area contributed by atoms with E-state index < -0.39 is 6.10 Å². The maximum Gasteiger partial charge on any atom is 0.306 e. The number of carbonyl (C=O) groups is 3. The highest BCUT2D eigenvalue weighted by Gasteiger charge is 2.19. The van der Waals surface area contributed by atoms with Gasteiger partial charge in [-0.05, 0) is 96.3 Å². The van der Waals surface area contributed by atoms with Crippen molar-refractivity contribution in [3.63, 3.8) is 0 Å². The lowest BCUT2D eigenvalue weighted by Gasteiger charge is -2.18. The van der Waals surface area contributed by atoms with Gasteiger partial charge in [0.2, 0.25) is 0 Å². The number of hydrogen-bond donors (Lipinski definition) is 0. The minimum absolute atomic E-state index is 0.0786. The lowest BCUT2D eigenvalue weighted by atomic mass is 10.0. The van der Waals surface area contributed by atoms with E-state index in [1.54, 1.807) is 0 Å². The zero-order valence-electron chi connectivity index (χ0n) is 48.8. The van der Waals surface area contributed by atoms with Crippen LogP contribution in [0, 0.1) is 0 Å². The van der Waals surface area contributed by atoms with Crippen LogP contribution in [0.2, 0.25) is 0 Å². The van der Waals surface area contributed by atoms with Gasteiger partial charge in [0.15, 0.2) is 6.10 Å². The number of esters is 3. The predicted molar refractivity (Wildman–Crippen MR) is 321 cm³/mol. The largest absolute Gasteiger partial charge is 0.462 e. The molecule has 0 aromatic carbocycles. The van der Waals surface area contributed by atoms with Crippen LogP contribution < -0.4 is 0 Å². The molecule has 0 spiro atoms. The van der Waals surface area contributed by atoms with Gasteiger partial charge in [0.25, 0.3) is 0 Å². The van der Waals surface area contributed by atoms with Crippen LogP contribution in [0.4, 0.5) is 0 Å². The standard InChI is InChI=1S/C68H118O6/c1-4-7-10-13-16-19-22-25-28-30-31-32-33-34-35-36-37-39-40-43-46-49-52-55-58-61-67(70)73-64-65(63-72-66(69)60-57-54-51-48-45-42-27-24-21-18-15-12-9-6-3)74-68(71)62-59-56-53-50-47-44-41-38-29-26-23-20-17-14-11-8-5-2/h7,10,16-17,19-20,25-26,28-29,31-32,34-35,65H,4-6,8-9,11-15,18,21-24,27,30,33,36-64H2,1-3H3/b10-7-,19-16-,20-17-,28-25-,29-26-,32-31-,35-34-. The van der Waals surface area contributed by atoms with Gasteiger partial charge in [0.1, 0.15) is 13.2 Å². The molecule has 0 N–H and O–H groups in total. The van der Waals surface area contributed by atoms with Gasteiger partial charge < -0.3 is 14.2 Å². The Hall–Kier alpha value is -3.41. The maximum absolute atomic E-state index is 12.9. The molecule has 0 aliphatic rings. The van der Waals surface area contributed by atoms with Crippen LogP contribution in [-0.4, -0.2) is 37.2 Å². The van der Waals surface area contributed by atoms with E-state index in [2.05, 4.69) is 106 Å². The minimum Gasteiger partial charge on any atom is -0.462 e. The SMILES string of the molecule is CC/C=C\C/C=C\C/C=C\C/C=C\C/C=C\CCCCCCCCCCCC(=O)OCC(COC(=O)CCCCCCCCCCCCCCCC)OC(=O)CCCCCCCCC/C=C\C/C=C\CCCCC. The lowest BCUT2D eigenvalue weighted by Crippen LogP contribution is -2.30. The summed E-state index contributed by atoms with van der Waals surface area (Å²) in [6.45, 7) is 6.52. The first-order valence-electron chi connectivity index (χ1n) is 31.6. The van der Waals surface area contributed by atoms with E-state index >= 15 is 0 Å². The summed E-state index contributed by atoms with van der Waals surface area (Å²) in [5.41, 5.74) is 0. The molecule has 6 nitrogen and oxygen atoms in total. The number of unbranched alkanes of at least 4 members (excludes halogenated alkanes) is 32. The first-order valence-corrected chi connectivity index (χ1v) is 31.6. The normalized spacial score (nSPS) is 12.6. The van der Waals surface area contributed by atoms with Crippen molar-refractivity contribution in [1.82, 2.24) is 0 Å². The predicted octanol–water partition coefficient (Wildman–Crippen LogP) is 21.5. The van der Waals surface area contributed by atoms with Crippen LogP contribution in [0.5, 0.6) is 0 Å². The molecule has 0 aromatic rings. The molecule has 1 unspecified atom stereocenters. The first kappa shape index (κ1) is 70.6. The summed E-state index contributed by atoms with van der Waals surface area (Å²) in [4.78, 5) is 38.3. The van der Waals surface area contributed by atoms with Crippen molar-refractivity contribution in [3.05, 3.63) is 85.1 Å². The van der Waals surface area contributed by atoms with Gasteiger partial charge in [-0.3, -0.25) is 14.4 Å². The van der Waals surface area contributed by atoms with E-state index in [-0.39, 0.29) is 31.1 Å². The van der Waals surface area contributed by atoms with E-state index in [1.165, 1.54) is 161 Å². The fourth-order valence-corrected chi connectivity index (χ4v) is 8.91. The van der Waals surface area contributed by atoms with Gasteiger partial charge in [-0.25, -0.2) is 0 Å². The Kier molecular flexibility index (Phi) is 59.3. The second-order valence-corrected chi connectivity index (χ2v) is 20.9. The Morgan fingerprint density at radius 1 is 0.284 bits per heavy atom. The van der Waals surface area contributed by atoms with E-state index in [0.29, 0.717) is 19.3 Å². The summed E-state index contributed by atoms with van der Waals surface area (Å²) in [7, 11) is 0. The van der Waals surface area contributed by atoms with Gasteiger partial charge in [0, 0.05) is 19.3 Å². The van der Waals surface area contributed by atoms with Crippen molar-refractivity contribution >= 4 is 17.9 Å². The molecule has 0 saturated heterocycles. The third-order valence-corrected chi connectivity index (χ3v) is 13.6. The second kappa shape index (κ2) is 62.1. The van der Waals surface area contributed by atoms with E-state index in [9.17, 15) is 14.4 Å². The number of ether oxygens (including phenoxy) is 3. The van der Waals surface area contributed by atoms with Gasteiger partial charge in [0.05, 0.1) is 0 Å². The van der Waals surface area contributed by atoms with Gasteiger partial charge in [-0.2, -0.15) is 0 Å². The molecule has 1 atom stereocenters. The molecule has 0 aliphatic heterocycles. The number of carbonyl (C=O) groups excluding carboxylic acids is 3. The quantitative estimate of drug-likeness (QED) is 0.0261. The third-order valence-electron chi connectivity index (χ3n) is 13.6. The fourth-order valence-electron chi connectivity index (χ4n) is 8.91. The van der Waals surface area contributed by atoms with Crippen LogP contribution >= 0.6 is 0 Å². The summed E-state index contributed by atoms with van der Waals surface area (Å²) < 4.78 is 16.9. The maximum atomic E-state index is 12.9. The molecule has 74 heavy (non-hydrogen) atoms. The smallest absolute Gasteiger partial charge is 0.306 e. The van der Waals surface area contributed by atoms with Crippen molar-refractivity contribution in [3.8, 4) is 0 Å². The Morgan fingerprint density at radius 2 is 0.527 bits per heavy atom. The van der Waals surface area contributed by atoms with Crippen LogP contribution in [0.1, 0.15) is 310 Å². The Bertz CT molecular complexity index is 1420. The molecule has 0 bridgehead atoms. The van der Waals surface area contributed by atoms with Crippen molar-refractivity contribution < 1.29 is 28.6 Å². The first-order chi connectivity index (χ1) is 36.5.